The lowest BCUT2D eigenvalue weighted by Gasteiger charge is -2.21. The first kappa shape index (κ1) is 12.8. The summed E-state index contributed by atoms with van der Waals surface area (Å²) in [4.78, 5) is 1.89. The third-order valence-corrected chi connectivity index (χ3v) is 3.29. The van der Waals surface area contributed by atoms with Gasteiger partial charge in [0.15, 0.2) is 0 Å². The molecule has 0 fully saturated rings. The number of para-hydroxylation sites is 1. The quantitative estimate of drug-likeness (QED) is 0.764. The van der Waals surface area contributed by atoms with Crippen molar-refractivity contribution in [2.75, 3.05) is 24.2 Å². The second kappa shape index (κ2) is 4.71. The molecule has 0 aliphatic carbocycles. The molecule has 90 valence electrons. The predicted molar refractivity (Wildman–Crippen MR) is 65.8 cm³/mol. The Labute approximate surface area is 96.1 Å². The number of nitrogens with zero attached hydrogens (tertiary/aromatic N) is 1. The van der Waals surface area contributed by atoms with Gasteiger partial charge in [0.05, 0.1) is 11.4 Å². The summed E-state index contributed by atoms with van der Waals surface area (Å²) in [6, 6.07) is 4.82. The van der Waals surface area contributed by atoms with Crippen molar-refractivity contribution >= 4 is 21.4 Å². The van der Waals surface area contributed by atoms with Crippen molar-refractivity contribution < 1.29 is 8.42 Å². The molecule has 16 heavy (non-hydrogen) atoms. The van der Waals surface area contributed by atoms with Gasteiger partial charge in [-0.15, -0.1) is 0 Å². The van der Waals surface area contributed by atoms with Gasteiger partial charge in [-0.25, -0.2) is 13.6 Å². The third kappa shape index (κ3) is 2.65. The molecule has 1 aromatic rings. The Bertz CT molecular complexity index is 471. The van der Waals surface area contributed by atoms with E-state index in [-0.39, 0.29) is 10.6 Å². The zero-order valence-electron chi connectivity index (χ0n) is 9.47. The summed E-state index contributed by atoms with van der Waals surface area (Å²) in [6.07, 6.45) is 0.954. The maximum Gasteiger partial charge on any atom is 0.240 e. The number of nitrogen functional groups attached to an aromatic ring is 1. The highest BCUT2D eigenvalue weighted by Crippen LogP contribution is 2.28. The Balaban J connectivity index is 3.24. The number of nitrogens with two attached hydrogens (primary N) is 2. The zero-order chi connectivity index (χ0) is 12.3. The molecule has 1 rings (SSSR count). The second-order valence-corrected chi connectivity index (χ2v) is 5.19. The Morgan fingerprint density at radius 1 is 1.38 bits per heavy atom. The van der Waals surface area contributed by atoms with E-state index in [2.05, 4.69) is 0 Å². The van der Waals surface area contributed by atoms with Crippen molar-refractivity contribution in [3.05, 3.63) is 18.2 Å². The lowest BCUT2D eigenvalue weighted by molar-refractivity contribution is 0.598. The van der Waals surface area contributed by atoms with E-state index in [0.717, 1.165) is 13.0 Å². The lowest BCUT2D eigenvalue weighted by Crippen LogP contribution is -2.21. The molecule has 5 nitrogen and oxygen atoms in total. The number of benzene rings is 1. The molecule has 0 bridgehead atoms. The molecule has 0 saturated carbocycles. The SMILES string of the molecule is CCCN(C)c1cccc(S(N)(=O)=O)c1N. The number of hydrogen-bond acceptors (Lipinski definition) is 4. The molecule has 0 unspecified atom stereocenters. The third-order valence-electron chi connectivity index (χ3n) is 2.32. The van der Waals surface area contributed by atoms with E-state index in [1.807, 2.05) is 18.9 Å². The maximum absolute atomic E-state index is 11.3. The van der Waals surface area contributed by atoms with Crippen LogP contribution in [0.25, 0.3) is 0 Å². The fraction of sp³-hybridized carbons (Fsp3) is 0.400. The van der Waals surface area contributed by atoms with E-state index in [0.29, 0.717) is 5.69 Å². The van der Waals surface area contributed by atoms with Crippen LogP contribution in [0.3, 0.4) is 0 Å². The summed E-state index contributed by atoms with van der Waals surface area (Å²) in [5.41, 5.74) is 6.70. The largest absolute Gasteiger partial charge is 0.396 e. The van der Waals surface area contributed by atoms with E-state index in [9.17, 15) is 8.42 Å². The number of primary sulfonamides is 1. The lowest BCUT2D eigenvalue weighted by atomic mass is 10.2. The van der Waals surface area contributed by atoms with Gasteiger partial charge in [0, 0.05) is 13.6 Å². The van der Waals surface area contributed by atoms with Crippen LogP contribution in [0, 0.1) is 0 Å². The summed E-state index contributed by atoms with van der Waals surface area (Å²) in [5.74, 6) is 0. The predicted octanol–water partition coefficient (Wildman–Crippen LogP) is 0.762. The zero-order valence-corrected chi connectivity index (χ0v) is 10.3. The van der Waals surface area contributed by atoms with Gasteiger partial charge in [-0.05, 0) is 18.6 Å². The van der Waals surface area contributed by atoms with Crippen LogP contribution < -0.4 is 15.8 Å². The normalized spacial score (nSPS) is 11.4. The molecule has 1 aromatic carbocycles. The summed E-state index contributed by atoms with van der Waals surface area (Å²) in [6.45, 7) is 2.84. The van der Waals surface area contributed by atoms with Crippen LogP contribution in [0.2, 0.25) is 0 Å². The molecule has 0 spiro atoms. The number of hydrogen-bond donors (Lipinski definition) is 2. The minimum Gasteiger partial charge on any atom is -0.396 e. The number of anilines is 2. The van der Waals surface area contributed by atoms with Gasteiger partial charge in [-0.3, -0.25) is 0 Å². The van der Waals surface area contributed by atoms with Gasteiger partial charge in [0.25, 0.3) is 0 Å². The highest BCUT2D eigenvalue weighted by Gasteiger charge is 2.16. The minimum absolute atomic E-state index is 0.0204. The van der Waals surface area contributed by atoms with Crippen molar-refractivity contribution in [2.24, 2.45) is 5.14 Å². The molecule has 0 heterocycles. The molecule has 0 aliphatic heterocycles. The van der Waals surface area contributed by atoms with Gasteiger partial charge in [-0.1, -0.05) is 13.0 Å². The molecular weight excluding hydrogens is 226 g/mol. The van der Waals surface area contributed by atoms with Crippen molar-refractivity contribution in [2.45, 2.75) is 18.2 Å². The Morgan fingerprint density at radius 3 is 2.50 bits per heavy atom. The van der Waals surface area contributed by atoms with E-state index in [1.165, 1.54) is 6.07 Å². The summed E-state index contributed by atoms with van der Waals surface area (Å²) < 4.78 is 22.5. The Kier molecular flexibility index (Phi) is 3.77. The van der Waals surface area contributed by atoms with Crippen LogP contribution in [-0.4, -0.2) is 22.0 Å². The van der Waals surface area contributed by atoms with Gasteiger partial charge < -0.3 is 10.6 Å². The van der Waals surface area contributed by atoms with E-state index in [1.54, 1.807) is 12.1 Å². The minimum atomic E-state index is -3.76. The van der Waals surface area contributed by atoms with Crippen LogP contribution in [0.15, 0.2) is 23.1 Å². The molecule has 6 heteroatoms. The van der Waals surface area contributed by atoms with E-state index >= 15 is 0 Å². The monoisotopic (exact) mass is 243 g/mol. The molecule has 0 saturated heterocycles. The van der Waals surface area contributed by atoms with Gasteiger partial charge >= 0.3 is 0 Å². The van der Waals surface area contributed by atoms with Crippen LogP contribution in [0.1, 0.15) is 13.3 Å². The highest BCUT2D eigenvalue weighted by molar-refractivity contribution is 7.89. The highest BCUT2D eigenvalue weighted by atomic mass is 32.2. The van der Waals surface area contributed by atoms with E-state index < -0.39 is 10.0 Å². The van der Waals surface area contributed by atoms with Crippen LogP contribution in [0.4, 0.5) is 11.4 Å². The molecule has 0 aromatic heterocycles. The number of rotatable bonds is 4. The number of sulfonamides is 1. The van der Waals surface area contributed by atoms with Crippen molar-refractivity contribution in [3.63, 3.8) is 0 Å². The van der Waals surface area contributed by atoms with Gasteiger partial charge in [0.2, 0.25) is 10.0 Å². The van der Waals surface area contributed by atoms with Crippen molar-refractivity contribution in [1.29, 1.82) is 0 Å². The van der Waals surface area contributed by atoms with Crippen LogP contribution in [0.5, 0.6) is 0 Å². The molecular formula is C10H17N3O2S. The van der Waals surface area contributed by atoms with Gasteiger partial charge in [0.1, 0.15) is 4.90 Å². The average molecular weight is 243 g/mol. The second-order valence-electron chi connectivity index (χ2n) is 3.66. The first-order chi connectivity index (χ1) is 7.38. The molecule has 4 N–H and O–H groups in total. The molecule has 0 amide bonds. The molecule has 0 aliphatic rings. The molecule has 0 atom stereocenters. The Morgan fingerprint density at radius 2 is 2.00 bits per heavy atom. The maximum atomic E-state index is 11.3. The summed E-state index contributed by atoms with van der Waals surface area (Å²) >= 11 is 0. The topological polar surface area (TPSA) is 89.4 Å². The smallest absolute Gasteiger partial charge is 0.240 e. The first-order valence-electron chi connectivity index (χ1n) is 5.00. The standard InChI is InChI=1S/C10H17N3O2S/c1-3-7-13(2)8-5-4-6-9(10(8)11)16(12,14)15/h4-6H,3,7,11H2,1-2H3,(H2,12,14,15). The van der Waals surface area contributed by atoms with Crippen LogP contribution >= 0.6 is 0 Å². The average Bonchev–Trinajstić information content (AvgIpc) is 2.16. The Hall–Kier alpha value is -1.27. The fourth-order valence-electron chi connectivity index (χ4n) is 1.57. The fourth-order valence-corrected chi connectivity index (χ4v) is 2.25. The molecule has 0 radical (unpaired) electrons. The van der Waals surface area contributed by atoms with Gasteiger partial charge in [-0.2, -0.15) is 0 Å². The van der Waals surface area contributed by atoms with E-state index in [4.69, 9.17) is 10.9 Å². The summed E-state index contributed by atoms with van der Waals surface area (Å²) in [5, 5.41) is 5.07. The van der Waals surface area contributed by atoms with Crippen molar-refractivity contribution in [1.82, 2.24) is 0 Å². The van der Waals surface area contributed by atoms with Crippen molar-refractivity contribution in [3.8, 4) is 0 Å². The first-order valence-corrected chi connectivity index (χ1v) is 6.55. The summed E-state index contributed by atoms with van der Waals surface area (Å²) in [7, 11) is -1.89. The van der Waals surface area contributed by atoms with Crippen LogP contribution in [-0.2, 0) is 10.0 Å².